The second kappa shape index (κ2) is 5.95. The molecular formula is C11H14BrFO2. The smallest absolute Gasteiger partial charge is 0.163 e. The molecule has 1 rings (SSSR count). The third-order valence-corrected chi connectivity index (χ3v) is 2.57. The van der Waals surface area contributed by atoms with Crippen LogP contribution in [0.1, 0.15) is 19.8 Å². The fraction of sp³-hybridized carbons (Fsp3) is 0.455. The number of hydrogen-bond acceptors (Lipinski definition) is 2. The molecule has 0 heterocycles. The Bertz CT molecular complexity index is 329. The minimum atomic E-state index is -0.352. The lowest BCUT2D eigenvalue weighted by atomic mass is 10.3. The first-order chi connectivity index (χ1) is 7.19. The van der Waals surface area contributed by atoms with E-state index in [1.54, 1.807) is 6.07 Å². The van der Waals surface area contributed by atoms with Gasteiger partial charge in [0.1, 0.15) is 5.82 Å². The van der Waals surface area contributed by atoms with Crippen LogP contribution in [0.5, 0.6) is 11.5 Å². The zero-order valence-corrected chi connectivity index (χ0v) is 10.4. The second-order valence-corrected chi connectivity index (χ2v) is 3.97. The third-order valence-electron chi connectivity index (χ3n) is 1.96. The lowest BCUT2D eigenvalue weighted by Crippen LogP contribution is -1.99. The Hall–Kier alpha value is -0.770. The monoisotopic (exact) mass is 276 g/mol. The quantitative estimate of drug-likeness (QED) is 0.763. The Balaban J connectivity index is 2.80. The third kappa shape index (κ3) is 3.38. The standard InChI is InChI=1S/C11H14BrFO2/c1-3-4-5-15-11-6-8(12)9(13)7-10(11)14-2/h6-7H,3-5H2,1-2H3. The van der Waals surface area contributed by atoms with Gasteiger partial charge in [-0.25, -0.2) is 4.39 Å². The van der Waals surface area contributed by atoms with E-state index in [-0.39, 0.29) is 5.82 Å². The van der Waals surface area contributed by atoms with Gasteiger partial charge in [0.05, 0.1) is 18.2 Å². The predicted molar refractivity (Wildman–Crippen MR) is 61.1 cm³/mol. The van der Waals surface area contributed by atoms with Gasteiger partial charge < -0.3 is 9.47 Å². The first kappa shape index (κ1) is 12.3. The summed E-state index contributed by atoms with van der Waals surface area (Å²) >= 11 is 3.11. The maximum Gasteiger partial charge on any atom is 0.163 e. The molecule has 2 nitrogen and oxygen atoms in total. The lowest BCUT2D eigenvalue weighted by molar-refractivity contribution is 0.287. The van der Waals surface area contributed by atoms with Gasteiger partial charge in [0.15, 0.2) is 11.5 Å². The van der Waals surface area contributed by atoms with E-state index >= 15 is 0 Å². The Kier molecular flexibility index (Phi) is 4.88. The molecule has 0 saturated heterocycles. The summed E-state index contributed by atoms with van der Waals surface area (Å²) in [5, 5.41) is 0. The topological polar surface area (TPSA) is 18.5 Å². The average Bonchev–Trinajstić information content (AvgIpc) is 2.23. The number of rotatable bonds is 5. The molecule has 0 aliphatic heterocycles. The molecule has 0 atom stereocenters. The van der Waals surface area contributed by atoms with Crippen LogP contribution in [-0.2, 0) is 0 Å². The van der Waals surface area contributed by atoms with Gasteiger partial charge in [-0.3, -0.25) is 0 Å². The summed E-state index contributed by atoms with van der Waals surface area (Å²) in [5.41, 5.74) is 0. The van der Waals surface area contributed by atoms with Crippen LogP contribution in [0.4, 0.5) is 4.39 Å². The van der Waals surface area contributed by atoms with Gasteiger partial charge in [-0.1, -0.05) is 13.3 Å². The van der Waals surface area contributed by atoms with Gasteiger partial charge in [-0.15, -0.1) is 0 Å². The van der Waals surface area contributed by atoms with Crippen LogP contribution in [-0.4, -0.2) is 13.7 Å². The van der Waals surface area contributed by atoms with E-state index in [1.165, 1.54) is 13.2 Å². The zero-order chi connectivity index (χ0) is 11.3. The normalized spacial score (nSPS) is 10.1. The van der Waals surface area contributed by atoms with Crippen LogP contribution >= 0.6 is 15.9 Å². The maximum absolute atomic E-state index is 13.2. The van der Waals surface area contributed by atoms with Gasteiger partial charge in [-0.05, 0) is 22.4 Å². The second-order valence-electron chi connectivity index (χ2n) is 3.12. The van der Waals surface area contributed by atoms with Crippen LogP contribution in [0.25, 0.3) is 0 Å². The summed E-state index contributed by atoms with van der Waals surface area (Å²) in [6.07, 6.45) is 2.03. The highest BCUT2D eigenvalue weighted by atomic mass is 79.9. The van der Waals surface area contributed by atoms with Gasteiger partial charge in [0, 0.05) is 12.1 Å². The van der Waals surface area contributed by atoms with Crippen LogP contribution in [0.3, 0.4) is 0 Å². The molecule has 0 aromatic heterocycles. The Labute approximate surface area is 97.5 Å². The summed E-state index contributed by atoms with van der Waals surface area (Å²) in [7, 11) is 1.50. The van der Waals surface area contributed by atoms with Gasteiger partial charge in [0.2, 0.25) is 0 Å². The van der Waals surface area contributed by atoms with E-state index in [9.17, 15) is 4.39 Å². The molecular weight excluding hydrogens is 263 g/mol. The molecule has 0 unspecified atom stereocenters. The highest BCUT2D eigenvalue weighted by Gasteiger charge is 2.09. The summed E-state index contributed by atoms with van der Waals surface area (Å²) in [6, 6.07) is 2.90. The number of halogens is 2. The van der Waals surface area contributed by atoms with Crippen molar-refractivity contribution in [1.82, 2.24) is 0 Å². The molecule has 1 aromatic rings. The molecule has 4 heteroatoms. The van der Waals surface area contributed by atoms with Crippen molar-refractivity contribution >= 4 is 15.9 Å². The van der Waals surface area contributed by atoms with Gasteiger partial charge in [-0.2, -0.15) is 0 Å². The SMILES string of the molecule is CCCCOc1cc(Br)c(F)cc1OC. The predicted octanol–water partition coefficient (Wildman–Crippen LogP) is 3.78. The largest absolute Gasteiger partial charge is 0.493 e. The number of methoxy groups -OCH3 is 1. The summed E-state index contributed by atoms with van der Waals surface area (Å²) < 4.78 is 24.0. The molecule has 1 aromatic carbocycles. The van der Waals surface area contributed by atoms with Crippen molar-refractivity contribution in [3.8, 4) is 11.5 Å². The highest BCUT2D eigenvalue weighted by molar-refractivity contribution is 9.10. The number of benzene rings is 1. The molecule has 0 spiro atoms. The zero-order valence-electron chi connectivity index (χ0n) is 8.85. The molecule has 15 heavy (non-hydrogen) atoms. The molecule has 0 saturated carbocycles. The van der Waals surface area contributed by atoms with Crippen molar-refractivity contribution in [3.63, 3.8) is 0 Å². The van der Waals surface area contributed by atoms with Gasteiger partial charge >= 0.3 is 0 Å². The molecule has 0 aliphatic rings. The maximum atomic E-state index is 13.2. The molecule has 84 valence electrons. The summed E-state index contributed by atoms with van der Waals surface area (Å²) in [4.78, 5) is 0. The van der Waals surface area contributed by atoms with E-state index in [0.29, 0.717) is 22.6 Å². The van der Waals surface area contributed by atoms with Crippen LogP contribution in [0.2, 0.25) is 0 Å². The summed E-state index contributed by atoms with van der Waals surface area (Å²) in [6.45, 7) is 2.70. The molecule has 0 bridgehead atoms. The highest BCUT2D eigenvalue weighted by Crippen LogP contribution is 2.32. The molecule has 0 amide bonds. The van der Waals surface area contributed by atoms with E-state index in [2.05, 4.69) is 22.9 Å². The fourth-order valence-corrected chi connectivity index (χ4v) is 1.43. The van der Waals surface area contributed by atoms with Crippen molar-refractivity contribution < 1.29 is 13.9 Å². The van der Waals surface area contributed by atoms with E-state index in [1.807, 2.05) is 0 Å². The Morgan fingerprint density at radius 1 is 1.33 bits per heavy atom. The number of ether oxygens (including phenoxy) is 2. The van der Waals surface area contributed by atoms with Crippen molar-refractivity contribution in [2.24, 2.45) is 0 Å². The minimum absolute atomic E-state index is 0.352. The van der Waals surface area contributed by atoms with Crippen LogP contribution in [0.15, 0.2) is 16.6 Å². The number of hydrogen-bond donors (Lipinski definition) is 0. The van der Waals surface area contributed by atoms with Crippen LogP contribution < -0.4 is 9.47 Å². The first-order valence-electron chi connectivity index (χ1n) is 4.84. The van der Waals surface area contributed by atoms with E-state index < -0.39 is 0 Å². The molecule has 0 N–H and O–H groups in total. The van der Waals surface area contributed by atoms with Crippen LogP contribution in [0, 0.1) is 5.82 Å². The molecule has 0 radical (unpaired) electrons. The van der Waals surface area contributed by atoms with E-state index in [4.69, 9.17) is 9.47 Å². The van der Waals surface area contributed by atoms with Crippen molar-refractivity contribution in [2.75, 3.05) is 13.7 Å². The lowest BCUT2D eigenvalue weighted by Gasteiger charge is -2.11. The van der Waals surface area contributed by atoms with E-state index in [0.717, 1.165) is 12.8 Å². The fourth-order valence-electron chi connectivity index (χ4n) is 1.11. The molecule has 0 fully saturated rings. The van der Waals surface area contributed by atoms with Gasteiger partial charge in [0.25, 0.3) is 0 Å². The average molecular weight is 277 g/mol. The van der Waals surface area contributed by atoms with Crippen molar-refractivity contribution in [1.29, 1.82) is 0 Å². The van der Waals surface area contributed by atoms with Crippen molar-refractivity contribution in [2.45, 2.75) is 19.8 Å². The minimum Gasteiger partial charge on any atom is -0.493 e. The van der Waals surface area contributed by atoms with Crippen molar-refractivity contribution in [3.05, 3.63) is 22.4 Å². The number of unbranched alkanes of at least 4 members (excludes halogenated alkanes) is 1. The Morgan fingerprint density at radius 3 is 2.67 bits per heavy atom. The summed E-state index contributed by atoms with van der Waals surface area (Å²) in [5.74, 6) is 0.640. The molecule has 0 aliphatic carbocycles. The Morgan fingerprint density at radius 2 is 2.07 bits per heavy atom. The first-order valence-corrected chi connectivity index (χ1v) is 5.64.